The molecule has 0 fully saturated rings. The summed E-state index contributed by atoms with van der Waals surface area (Å²) in [6, 6.07) is 0. The van der Waals surface area contributed by atoms with Crippen LogP contribution >= 0.6 is 0 Å². The zero-order valence-corrected chi connectivity index (χ0v) is 8.34. The van der Waals surface area contributed by atoms with Gasteiger partial charge in [0, 0.05) is 6.54 Å². The molecule has 1 N–H and O–H groups in total. The molecule has 0 aromatic heterocycles. The highest BCUT2D eigenvalue weighted by molar-refractivity contribution is 5.67. The van der Waals surface area contributed by atoms with Crippen molar-refractivity contribution in [2.24, 2.45) is 0 Å². The molecule has 0 bridgehead atoms. The molecule has 0 saturated heterocycles. The Balaban J connectivity index is 3.12. The highest BCUT2D eigenvalue weighted by atomic mass is 16.5. The van der Waals surface area contributed by atoms with E-state index in [0.29, 0.717) is 13.2 Å². The molecular formula is C10H19NO2. The van der Waals surface area contributed by atoms with Crippen LogP contribution in [0.15, 0.2) is 12.7 Å². The fourth-order valence-electron chi connectivity index (χ4n) is 0.900. The molecule has 0 aromatic rings. The molecule has 0 radical (unpaired) electrons. The zero-order valence-electron chi connectivity index (χ0n) is 8.34. The van der Waals surface area contributed by atoms with Crippen LogP contribution in [0.2, 0.25) is 0 Å². The van der Waals surface area contributed by atoms with E-state index in [4.69, 9.17) is 4.74 Å². The number of amides is 1. The molecule has 0 aliphatic heterocycles. The van der Waals surface area contributed by atoms with Crippen LogP contribution in [0.4, 0.5) is 4.79 Å². The van der Waals surface area contributed by atoms with Gasteiger partial charge in [-0.3, -0.25) is 0 Å². The molecule has 76 valence electrons. The molecule has 0 rings (SSSR count). The maximum absolute atomic E-state index is 10.9. The summed E-state index contributed by atoms with van der Waals surface area (Å²) < 4.78 is 4.89. The Morgan fingerprint density at radius 3 is 2.85 bits per heavy atom. The lowest BCUT2D eigenvalue weighted by Crippen LogP contribution is -2.24. The van der Waals surface area contributed by atoms with E-state index in [1.54, 1.807) is 6.08 Å². The van der Waals surface area contributed by atoms with Crippen LogP contribution in [-0.4, -0.2) is 19.2 Å². The molecule has 0 aliphatic carbocycles. The third-order valence-corrected chi connectivity index (χ3v) is 1.62. The van der Waals surface area contributed by atoms with Gasteiger partial charge in [-0.25, -0.2) is 4.79 Å². The highest BCUT2D eigenvalue weighted by Crippen LogP contribution is 1.98. The van der Waals surface area contributed by atoms with Crippen molar-refractivity contribution in [2.45, 2.75) is 32.6 Å². The van der Waals surface area contributed by atoms with Crippen LogP contribution in [-0.2, 0) is 4.74 Å². The first-order valence-corrected chi connectivity index (χ1v) is 4.82. The second kappa shape index (κ2) is 9.10. The maximum atomic E-state index is 10.9. The minimum Gasteiger partial charge on any atom is -0.450 e. The molecule has 1 amide bonds. The molecule has 3 heteroatoms. The molecule has 0 aromatic carbocycles. The Labute approximate surface area is 80.2 Å². The van der Waals surface area contributed by atoms with E-state index in [-0.39, 0.29) is 6.09 Å². The van der Waals surface area contributed by atoms with Crippen molar-refractivity contribution in [2.75, 3.05) is 13.2 Å². The van der Waals surface area contributed by atoms with Gasteiger partial charge < -0.3 is 10.1 Å². The maximum Gasteiger partial charge on any atom is 0.407 e. The van der Waals surface area contributed by atoms with Gasteiger partial charge in [0.25, 0.3) is 0 Å². The van der Waals surface area contributed by atoms with Gasteiger partial charge in [-0.1, -0.05) is 32.3 Å². The van der Waals surface area contributed by atoms with Gasteiger partial charge in [-0.2, -0.15) is 0 Å². The van der Waals surface area contributed by atoms with Crippen LogP contribution < -0.4 is 5.32 Å². The summed E-state index contributed by atoms with van der Waals surface area (Å²) in [6.45, 7) is 6.62. The number of unbranched alkanes of at least 4 members (excludes halogenated alkanes) is 3. The van der Waals surface area contributed by atoms with E-state index in [9.17, 15) is 4.79 Å². The lowest BCUT2D eigenvalue weighted by molar-refractivity contribution is 0.145. The van der Waals surface area contributed by atoms with Crippen LogP contribution in [0.1, 0.15) is 32.6 Å². The summed E-state index contributed by atoms with van der Waals surface area (Å²) in [4.78, 5) is 10.9. The van der Waals surface area contributed by atoms with Gasteiger partial charge in [0.1, 0.15) is 0 Å². The summed E-state index contributed by atoms with van der Waals surface area (Å²) in [5.41, 5.74) is 0. The lowest BCUT2D eigenvalue weighted by atomic mass is 10.2. The largest absolute Gasteiger partial charge is 0.450 e. The first-order valence-electron chi connectivity index (χ1n) is 4.82. The van der Waals surface area contributed by atoms with Crippen molar-refractivity contribution in [3.63, 3.8) is 0 Å². The first kappa shape index (κ1) is 12.0. The Bertz CT molecular complexity index is 146. The number of ether oxygens (including phenoxy) is 1. The van der Waals surface area contributed by atoms with Crippen LogP contribution in [0.3, 0.4) is 0 Å². The number of alkyl carbamates (subject to hydrolysis) is 1. The topological polar surface area (TPSA) is 38.3 Å². The second-order valence-corrected chi connectivity index (χ2v) is 2.87. The Hall–Kier alpha value is -0.990. The molecule has 0 spiro atoms. The summed E-state index contributed by atoms with van der Waals surface area (Å²) in [5.74, 6) is 0. The Morgan fingerprint density at radius 1 is 1.46 bits per heavy atom. The summed E-state index contributed by atoms with van der Waals surface area (Å²) in [6.07, 6.45) is 5.76. The Morgan fingerprint density at radius 2 is 2.23 bits per heavy atom. The van der Waals surface area contributed by atoms with Crippen molar-refractivity contribution < 1.29 is 9.53 Å². The molecule has 0 aliphatic rings. The monoisotopic (exact) mass is 185 g/mol. The van der Waals surface area contributed by atoms with Crippen molar-refractivity contribution in [3.05, 3.63) is 12.7 Å². The highest BCUT2D eigenvalue weighted by Gasteiger charge is 1.97. The molecule has 0 atom stereocenters. The summed E-state index contributed by atoms with van der Waals surface area (Å²) in [7, 11) is 0. The SMILES string of the molecule is C=CCNC(=O)OCCCCCC. The quantitative estimate of drug-likeness (QED) is 0.489. The van der Waals surface area contributed by atoms with Crippen molar-refractivity contribution in [1.82, 2.24) is 5.32 Å². The molecular weight excluding hydrogens is 166 g/mol. The summed E-state index contributed by atoms with van der Waals surface area (Å²) in [5, 5.41) is 2.54. The minimum atomic E-state index is -0.351. The van der Waals surface area contributed by atoms with E-state index in [1.807, 2.05) is 0 Å². The fraction of sp³-hybridized carbons (Fsp3) is 0.700. The smallest absolute Gasteiger partial charge is 0.407 e. The van der Waals surface area contributed by atoms with Crippen molar-refractivity contribution >= 4 is 6.09 Å². The molecule has 0 saturated carbocycles. The van der Waals surface area contributed by atoms with Gasteiger partial charge in [0.2, 0.25) is 0 Å². The predicted molar refractivity (Wildman–Crippen MR) is 53.7 cm³/mol. The van der Waals surface area contributed by atoms with Gasteiger partial charge in [0.05, 0.1) is 6.61 Å². The predicted octanol–water partition coefficient (Wildman–Crippen LogP) is 2.48. The molecule has 3 nitrogen and oxygen atoms in total. The lowest BCUT2D eigenvalue weighted by Gasteiger charge is -2.04. The van der Waals surface area contributed by atoms with Crippen LogP contribution in [0.5, 0.6) is 0 Å². The Kier molecular flexibility index (Phi) is 8.41. The number of carbonyl (C=O) groups excluding carboxylic acids is 1. The van der Waals surface area contributed by atoms with Gasteiger partial charge in [0.15, 0.2) is 0 Å². The van der Waals surface area contributed by atoms with Gasteiger partial charge >= 0.3 is 6.09 Å². The number of hydrogen-bond acceptors (Lipinski definition) is 2. The average Bonchev–Trinajstić information content (AvgIpc) is 2.14. The van der Waals surface area contributed by atoms with Crippen molar-refractivity contribution in [1.29, 1.82) is 0 Å². The third kappa shape index (κ3) is 8.92. The van der Waals surface area contributed by atoms with E-state index >= 15 is 0 Å². The second-order valence-electron chi connectivity index (χ2n) is 2.87. The van der Waals surface area contributed by atoms with E-state index in [0.717, 1.165) is 12.8 Å². The van der Waals surface area contributed by atoms with Gasteiger partial charge in [-0.05, 0) is 6.42 Å². The van der Waals surface area contributed by atoms with Crippen molar-refractivity contribution in [3.8, 4) is 0 Å². The standard InChI is InChI=1S/C10H19NO2/c1-3-5-6-7-9-13-10(12)11-8-4-2/h4H,2-3,5-9H2,1H3,(H,11,12). The van der Waals surface area contributed by atoms with Gasteiger partial charge in [-0.15, -0.1) is 6.58 Å². The number of hydrogen-bond donors (Lipinski definition) is 1. The fourth-order valence-corrected chi connectivity index (χ4v) is 0.900. The number of rotatable bonds is 7. The summed E-state index contributed by atoms with van der Waals surface area (Å²) >= 11 is 0. The number of carbonyl (C=O) groups is 1. The minimum absolute atomic E-state index is 0.351. The van der Waals surface area contributed by atoms with Crippen LogP contribution in [0.25, 0.3) is 0 Å². The van der Waals surface area contributed by atoms with E-state index in [1.165, 1.54) is 12.8 Å². The molecule has 13 heavy (non-hydrogen) atoms. The molecule has 0 unspecified atom stereocenters. The van der Waals surface area contributed by atoms with Crippen LogP contribution in [0, 0.1) is 0 Å². The number of nitrogens with one attached hydrogen (secondary N) is 1. The first-order chi connectivity index (χ1) is 6.31. The van der Waals surface area contributed by atoms with E-state index < -0.39 is 0 Å². The normalized spacial score (nSPS) is 9.31. The third-order valence-electron chi connectivity index (χ3n) is 1.62. The average molecular weight is 185 g/mol. The zero-order chi connectivity index (χ0) is 9.94. The van der Waals surface area contributed by atoms with E-state index in [2.05, 4.69) is 18.8 Å². The molecule has 0 heterocycles.